The summed E-state index contributed by atoms with van der Waals surface area (Å²) in [5.74, 6) is 0.991. The first-order valence-electron chi connectivity index (χ1n) is 6.00. The van der Waals surface area contributed by atoms with Gasteiger partial charge in [-0.25, -0.2) is 0 Å². The number of amides is 1. The van der Waals surface area contributed by atoms with E-state index in [-0.39, 0.29) is 12.0 Å². The highest BCUT2D eigenvalue weighted by molar-refractivity contribution is 5.78. The largest absolute Gasteiger partial charge is 0.393 e. The molecule has 0 aromatic heterocycles. The summed E-state index contributed by atoms with van der Waals surface area (Å²) in [6.45, 7) is 6.20. The quantitative estimate of drug-likeness (QED) is 0.522. The molecule has 2 aliphatic rings. The first-order chi connectivity index (χ1) is 7.72. The number of fused-ring (bicyclic) bond motifs is 1. The minimum Gasteiger partial charge on any atom is -0.393 e. The average Bonchev–Trinajstić information content (AvgIpc) is 2.82. The fourth-order valence-corrected chi connectivity index (χ4v) is 2.83. The van der Waals surface area contributed by atoms with Gasteiger partial charge in [0.2, 0.25) is 5.91 Å². The van der Waals surface area contributed by atoms with Crippen LogP contribution >= 0.6 is 0 Å². The van der Waals surface area contributed by atoms with Gasteiger partial charge in [-0.05, 0) is 18.8 Å². The van der Waals surface area contributed by atoms with Crippen LogP contribution in [0.15, 0.2) is 12.7 Å². The normalized spacial score (nSPS) is 32.8. The van der Waals surface area contributed by atoms with E-state index >= 15 is 0 Å². The molecule has 0 radical (unpaired) electrons. The predicted octanol–water partition coefficient (Wildman–Crippen LogP) is -0.00870. The number of carbonyl (C=O) groups excluding carboxylic acids is 1. The van der Waals surface area contributed by atoms with E-state index in [4.69, 9.17) is 0 Å². The maximum Gasteiger partial charge on any atom is 0.236 e. The van der Waals surface area contributed by atoms with E-state index in [9.17, 15) is 9.90 Å². The Hall–Kier alpha value is -0.870. The van der Waals surface area contributed by atoms with E-state index in [1.165, 1.54) is 0 Å². The molecular weight excluding hydrogens is 204 g/mol. The third-order valence-electron chi connectivity index (χ3n) is 3.74. The monoisotopic (exact) mass is 224 g/mol. The number of nitrogens with zero attached hydrogens (tertiary/aromatic N) is 1. The number of aliphatic hydroxyl groups is 1. The molecule has 2 fully saturated rings. The molecule has 0 aromatic carbocycles. The molecule has 0 bridgehead atoms. The van der Waals surface area contributed by atoms with E-state index in [1.54, 1.807) is 6.08 Å². The van der Waals surface area contributed by atoms with Gasteiger partial charge in [0.1, 0.15) is 0 Å². The summed E-state index contributed by atoms with van der Waals surface area (Å²) < 4.78 is 0. The Morgan fingerprint density at radius 2 is 2.31 bits per heavy atom. The molecule has 1 amide bonds. The fraction of sp³-hybridized carbons (Fsp3) is 0.750. The summed E-state index contributed by atoms with van der Waals surface area (Å²) >= 11 is 0. The molecule has 2 N–H and O–H groups in total. The van der Waals surface area contributed by atoms with Gasteiger partial charge in [-0.15, -0.1) is 6.58 Å². The summed E-state index contributed by atoms with van der Waals surface area (Å²) in [4.78, 5) is 13.7. The Balaban J connectivity index is 1.80. The maximum atomic E-state index is 11.8. The minimum atomic E-state index is -0.191. The van der Waals surface area contributed by atoms with Crippen molar-refractivity contribution in [3.63, 3.8) is 0 Å². The Labute approximate surface area is 96.3 Å². The van der Waals surface area contributed by atoms with Crippen LogP contribution < -0.4 is 5.32 Å². The number of rotatable bonds is 4. The Morgan fingerprint density at radius 3 is 3.00 bits per heavy atom. The lowest BCUT2D eigenvalue weighted by atomic mass is 10.00. The van der Waals surface area contributed by atoms with Crippen LogP contribution in [0.2, 0.25) is 0 Å². The highest BCUT2D eigenvalue weighted by Crippen LogP contribution is 2.37. The van der Waals surface area contributed by atoms with Gasteiger partial charge < -0.3 is 15.3 Å². The second-order valence-electron chi connectivity index (χ2n) is 4.79. The SMILES string of the molecule is C=CCNCC(=O)N1CC2CCC(O)C2C1. The summed E-state index contributed by atoms with van der Waals surface area (Å²) in [5, 5.41) is 12.8. The number of hydrogen-bond donors (Lipinski definition) is 2. The number of likely N-dealkylation sites (tertiary alicyclic amines) is 1. The molecule has 0 spiro atoms. The van der Waals surface area contributed by atoms with Crippen LogP contribution in [0.1, 0.15) is 12.8 Å². The van der Waals surface area contributed by atoms with Crippen molar-refractivity contribution in [3.8, 4) is 0 Å². The number of nitrogens with one attached hydrogen (secondary N) is 1. The molecule has 1 saturated carbocycles. The molecule has 4 nitrogen and oxygen atoms in total. The minimum absolute atomic E-state index is 0.142. The van der Waals surface area contributed by atoms with E-state index in [2.05, 4.69) is 11.9 Å². The highest BCUT2D eigenvalue weighted by Gasteiger charge is 2.42. The van der Waals surface area contributed by atoms with Crippen molar-refractivity contribution in [1.29, 1.82) is 0 Å². The van der Waals surface area contributed by atoms with Crippen molar-refractivity contribution in [3.05, 3.63) is 12.7 Å². The van der Waals surface area contributed by atoms with Crippen molar-refractivity contribution in [2.24, 2.45) is 11.8 Å². The van der Waals surface area contributed by atoms with Gasteiger partial charge >= 0.3 is 0 Å². The molecule has 3 unspecified atom stereocenters. The van der Waals surface area contributed by atoms with Crippen LogP contribution in [0.5, 0.6) is 0 Å². The summed E-state index contributed by atoms with van der Waals surface area (Å²) in [7, 11) is 0. The molecule has 4 heteroatoms. The van der Waals surface area contributed by atoms with Crippen molar-refractivity contribution >= 4 is 5.91 Å². The van der Waals surface area contributed by atoms with Crippen molar-refractivity contribution in [1.82, 2.24) is 10.2 Å². The third-order valence-corrected chi connectivity index (χ3v) is 3.74. The summed E-state index contributed by atoms with van der Waals surface area (Å²) in [6.07, 6.45) is 3.53. The molecule has 0 aromatic rings. The predicted molar refractivity (Wildman–Crippen MR) is 61.9 cm³/mol. The van der Waals surface area contributed by atoms with Crippen LogP contribution in [-0.4, -0.2) is 48.2 Å². The zero-order valence-corrected chi connectivity index (χ0v) is 9.56. The van der Waals surface area contributed by atoms with Crippen LogP contribution in [0.4, 0.5) is 0 Å². The Kier molecular flexibility index (Phi) is 3.61. The number of carbonyl (C=O) groups is 1. The third kappa shape index (κ3) is 2.28. The molecule has 2 rings (SSSR count). The van der Waals surface area contributed by atoms with Gasteiger partial charge in [-0.1, -0.05) is 6.08 Å². The fourth-order valence-electron chi connectivity index (χ4n) is 2.83. The zero-order valence-electron chi connectivity index (χ0n) is 9.56. The van der Waals surface area contributed by atoms with Crippen LogP contribution in [0, 0.1) is 11.8 Å². The molecule has 90 valence electrons. The number of hydrogen-bond acceptors (Lipinski definition) is 3. The van der Waals surface area contributed by atoms with Crippen molar-refractivity contribution in [2.75, 3.05) is 26.2 Å². The van der Waals surface area contributed by atoms with Crippen molar-refractivity contribution in [2.45, 2.75) is 18.9 Å². The average molecular weight is 224 g/mol. The molecular formula is C12H20N2O2. The van der Waals surface area contributed by atoms with Crippen LogP contribution in [0.3, 0.4) is 0 Å². The van der Waals surface area contributed by atoms with Gasteiger partial charge in [0, 0.05) is 25.6 Å². The second kappa shape index (κ2) is 4.97. The van der Waals surface area contributed by atoms with Crippen molar-refractivity contribution < 1.29 is 9.90 Å². The molecule has 1 heterocycles. The van der Waals surface area contributed by atoms with Gasteiger partial charge in [0.15, 0.2) is 0 Å². The lowest BCUT2D eigenvalue weighted by Gasteiger charge is -2.18. The molecule has 3 atom stereocenters. The summed E-state index contributed by atoms with van der Waals surface area (Å²) in [5.41, 5.74) is 0. The van der Waals surface area contributed by atoms with E-state index < -0.39 is 0 Å². The lowest BCUT2D eigenvalue weighted by Crippen LogP contribution is -2.37. The van der Waals surface area contributed by atoms with E-state index in [0.717, 1.165) is 25.9 Å². The molecule has 1 aliphatic heterocycles. The number of aliphatic hydroxyl groups excluding tert-OH is 1. The van der Waals surface area contributed by atoms with Crippen LogP contribution in [-0.2, 0) is 4.79 Å². The van der Waals surface area contributed by atoms with Gasteiger partial charge in [-0.3, -0.25) is 4.79 Å². The second-order valence-corrected chi connectivity index (χ2v) is 4.79. The maximum absolute atomic E-state index is 11.8. The summed E-state index contributed by atoms with van der Waals surface area (Å²) in [6, 6.07) is 0. The topological polar surface area (TPSA) is 52.6 Å². The zero-order chi connectivity index (χ0) is 11.5. The standard InChI is InChI=1S/C12H20N2O2/c1-2-5-13-6-12(16)14-7-9-3-4-11(15)10(9)8-14/h2,9-11,13,15H,1,3-8H2. The van der Waals surface area contributed by atoms with Crippen LogP contribution in [0.25, 0.3) is 0 Å². The first-order valence-corrected chi connectivity index (χ1v) is 6.00. The van der Waals surface area contributed by atoms with E-state index in [1.807, 2.05) is 4.90 Å². The van der Waals surface area contributed by atoms with Gasteiger partial charge in [0.05, 0.1) is 12.6 Å². The molecule has 1 saturated heterocycles. The first kappa shape index (κ1) is 11.6. The smallest absolute Gasteiger partial charge is 0.236 e. The van der Waals surface area contributed by atoms with Gasteiger partial charge in [0.25, 0.3) is 0 Å². The molecule has 1 aliphatic carbocycles. The lowest BCUT2D eigenvalue weighted by molar-refractivity contribution is -0.129. The van der Waals surface area contributed by atoms with Gasteiger partial charge in [-0.2, -0.15) is 0 Å². The highest BCUT2D eigenvalue weighted by atomic mass is 16.3. The molecule has 16 heavy (non-hydrogen) atoms. The van der Waals surface area contributed by atoms with E-state index in [0.29, 0.717) is 24.9 Å². The Morgan fingerprint density at radius 1 is 1.50 bits per heavy atom. The Bertz CT molecular complexity index is 280.